The summed E-state index contributed by atoms with van der Waals surface area (Å²) in [4.78, 5) is 2.63. The van der Waals surface area contributed by atoms with Gasteiger partial charge in [0.05, 0.1) is 0 Å². The van der Waals surface area contributed by atoms with Gasteiger partial charge in [0.2, 0.25) is 0 Å². The van der Waals surface area contributed by atoms with E-state index in [9.17, 15) is 0 Å². The number of hydrogen-bond acceptors (Lipinski definition) is 3. The van der Waals surface area contributed by atoms with Crippen LogP contribution in [0.4, 0.5) is 0 Å². The molecule has 0 bridgehead atoms. The van der Waals surface area contributed by atoms with Crippen molar-refractivity contribution in [3.63, 3.8) is 0 Å². The average molecular weight is 230 g/mol. The van der Waals surface area contributed by atoms with Crippen molar-refractivity contribution in [2.75, 3.05) is 24.6 Å². The van der Waals surface area contributed by atoms with Gasteiger partial charge in [0, 0.05) is 37.0 Å². The molecule has 2 unspecified atom stereocenters. The minimum absolute atomic E-state index is 0.621. The van der Waals surface area contributed by atoms with E-state index in [1.165, 1.54) is 31.0 Å². The summed E-state index contributed by atoms with van der Waals surface area (Å²) in [6.45, 7) is 11.6. The highest BCUT2D eigenvalue weighted by molar-refractivity contribution is 7.99. The Balaban J connectivity index is 2.22. The third-order valence-corrected chi connectivity index (χ3v) is 4.10. The maximum Gasteiger partial charge on any atom is 0.0209 e. The molecule has 0 aliphatic carbocycles. The van der Waals surface area contributed by atoms with Crippen LogP contribution in [0, 0.1) is 0 Å². The molecule has 1 aliphatic heterocycles. The second kappa shape index (κ2) is 6.77. The summed E-state index contributed by atoms with van der Waals surface area (Å²) in [6.07, 6.45) is 1.32. The zero-order chi connectivity index (χ0) is 11.3. The van der Waals surface area contributed by atoms with Crippen molar-refractivity contribution in [1.82, 2.24) is 10.2 Å². The van der Waals surface area contributed by atoms with Crippen molar-refractivity contribution in [2.45, 2.75) is 52.2 Å². The zero-order valence-corrected chi connectivity index (χ0v) is 11.4. The van der Waals surface area contributed by atoms with E-state index in [2.05, 4.69) is 49.7 Å². The molecule has 3 heteroatoms. The Labute approximate surface area is 99.2 Å². The first-order valence-corrected chi connectivity index (χ1v) is 7.36. The van der Waals surface area contributed by atoms with Crippen LogP contribution in [0.3, 0.4) is 0 Å². The molecule has 1 aliphatic rings. The highest BCUT2D eigenvalue weighted by atomic mass is 32.2. The lowest BCUT2D eigenvalue weighted by molar-refractivity contribution is 0.270. The molecule has 0 aromatic carbocycles. The minimum Gasteiger partial charge on any atom is -0.310 e. The number of nitrogens with zero attached hydrogens (tertiary/aromatic N) is 1. The molecule has 1 N–H and O–H groups in total. The summed E-state index contributed by atoms with van der Waals surface area (Å²) >= 11 is 2.06. The highest BCUT2D eigenvalue weighted by Crippen LogP contribution is 2.16. The van der Waals surface area contributed by atoms with Gasteiger partial charge in [0.25, 0.3) is 0 Å². The fourth-order valence-electron chi connectivity index (χ4n) is 2.19. The Bertz CT molecular complexity index is 173. The van der Waals surface area contributed by atoms with Gasteiger partial charge < -0.3 is 5.32 Å². The van der Waals surface area contributed by atoms with Gasteiger partial charge in [-0.15, -0.1) is 0 Å². The van der Waals surface area contributed by atoms with Gasteiger partial charge in [-0.25, -0.2) is 0 Å². The van der Waals surface area contributed by atoms with Crippen LogP contribution in [0.2, 0.25) is 0 Å². The van der Waals surface area contributed by atoms with Crippen LogP contribution >= 0.6 is 11.8 Å². The molecule has 90 valence electrons. The van der Waals surface area contributed by atoms with Crippen molar-refractivity contribution in [1.29, 1.82) is 0 Å². The predicted molar refractivity (Wildman–Crippen MR) is 70.7 cm³/mol. The lowest BCUT2D eigenvalue weighted by Gasteiger charge is -2.24. The molecule has 0 spiro atoms. The Morgan fingerprint density at radius 2 is 2.13 bits per heavy atom. The monoisotopic (exact) mass is 230 g/mol. The maximum absolute atomic E-state index is 3.63. The molecular formula is C12H26N2S. The first-order valence-electron chi connectivity index (χ1n) is 6.21. The van der Waals surface area contributed by atoms with Crippen molar-refractivity contribution in [3.05, 3.63) is 0 Å². The van der Waals surface area contributed by atoms with Gasteiger partial charge in [-0.2, -0.15) is 11.8 Å². The van der Waals surface area contributed by atoms with Gasteiger partial charge >= 0.3 is 0 Å². The minimum atomic E-state index is 0.621. The van der Waals surface area contributed by atoms with E-state index in [4.69, 9.17) is 0 Å². The third-order valence-electron chi connectivity index (χ3n) is 2.98. The lowest BCUT2D eigenvalue weighted by Crippen LogP contribution is -2.39. The summed E-state index contributed by atoms with van der Waals surface area (Å²) in [7, 11) is 0. The van der Waals surface area contributed by atoms with E-state index in [0.717, 1.165) is 12.1 Å². The fourth-order valence-corrected chi connectivity index (χ4v) is 2.98. The van der Waals surface area contributed by atoms with Gasteiger partial charge in [-0.3, -0.25) is 4.90 Å². The summed E-state index contributed by atoms with van der Waals surface area (Å²) in [5.74, 6) is 2.52. The SMILES string of the molecule is CCSCC(C)N1CCC(NC(C)C)C1. The smallest absolute Gasteiger partial charge is 0.0209 e. The summed E-state index contributed by atoms with van der Waals surface area (Å²) in [6, 6.07) is 2.09. The zero-order valence-electron chi connectivity index (χ0n) is 10.6. The van der Waals surface area contributed by atoms with Crippen molar-refractivity contribution in [2.24, 2.45) is 0 Å². The largest absolute Gasteiger partial charge is 0.310 e. The number of rotatable bonds is 6. The first kappa shape index (κ1) is 13.3. The van der Waals surface area contributed by atoms with Crippen LogP contribution in [0.1, 0.15) is 34.1 Å². The lowest BCUT2D eigenvalue weighted by atomic mass is 10.2. The van der Waals surface area contributed by atoms with Crippen molar-refractivity contribution < 1.29 is 0 Å². The molecule has 2 atom stereocenters. The van der Waals surface area contributed by atoms with Crippen LogP contribution in [0.25, 0.3) is 0 Å². The molecule has 0 saturated carbocycles. The van der Waals surface area contributed by atoms with E-state index in [0.29, 0.717) is 6.04 Å². The Hall–Kier alpha value is 0.270. The molecule has 0 amide bonds. The quantitative estimate of drug-likeness (QED) is 0.753. The van der Waals surface area contributed by atoms with E-state index in [1.807, 2.05) is 0 Å². The first-order chi connectivity index (χ1) is 7.13. The Morgan fingerprint density at radius 1 is 1.40 bits per heavy atom. The van der Waals surface area contributed by atoms with E-state index < -0.39 is 0 Å². The molecule has 1 heterocycles. The van der Waals surface area contributed by atoms with Gasteiger partial charge in [-0.05, 0) is 19.1 Å². The Morgan fingerprint density at radius 3 is 2.73 bits per heavy atom. The van der Waals surface area contributed by atoms with Crippen LogP contribution in [-0.4, -0.2) is 47.6 Å². The molecule has 0 radical (unpaired) electrons. The molecule has 1 fully saturated rings. The number of likely N-dealkylation sites (tertiary alicyclic amines) is 1. The van der Waals surface area contributed by atoms with Gasteiger partial charge in [0.15, 0.2) is 0 Å². The summed E-state index contributed by atoms with van der Waals surface area (Å²) < 4.78 is 0. The molecule has 1 rings (SSSR count). The number of thioether (sulfide) groups is 1. The van der Waals surface area contributed by atoms with Gasteiger partial charge in [-0.1, -0.05) is 20.8 Å². The van der Waals surface area contributed by atoms with Crippen LogP contribution in [0.15, 0.2) is 0 Å². The standard InChI is InChI=1S/C12H26N2S/c1-5-15-9-11(4)14-7-6-12(8-14)13-10(2)3/h10-13H,5-9H2,1-4H3. The fraction of sp³-hybridized carbons (Fsp3) is 1.00. The number of hydrogen-bond donors (Lipinski definition) is 1. The molecule has 0 aromatic rings. The van der Waals surface area contributed by atoms with E-state index in [1.54, 1.807) is 0 Å². The third kappa shape index (κ3) is 4.75. The molecule has 1 saturated heterocycles. The van der Waals surface area contributed by atoms with Crippen LogP contribution in [-0.2, 0) is 0 Å². The summed E-state index contributed by atoms with van der Waals surface area (Å²) in [5, 5.41) is 3.63. The van der Waals surface area contributed by atoms with Crippen LogP contribution < -0.4 is 5.32 Å². The second-order valence-corrected chi connectivity index (χ2v) is 6.13. The Kier molecular flexibility index (Phi) is 6.02. The highest BCUT2D eigenvalue weighted by Gasteiger charge is 2.25. The predicted octanol–water partition coefficient (Wildman–Crippen LogP) is 2.20. The van der Waals surface area contributed by atoms with Crippen molar-refractivity contribution in [3.8, 4) is 0 Å². The van der Waals surface area contributed by atoms with Crippen molar-refractivity contribution >= 4 is 11.8 Å². The topological polar surface area (TPSA) is 15.3 Å². The van der Waals surface area contributed by atoms with E-state index >= 15 is 0 Å². The molecule has 0 aromatic heterocycles. The average Bonchev–Trinajstić information content (AvgIpc) is 2.61. The van der Waals surface area contributed by atoms with Gasteiger partial charge in [0.1, 0.15) is 0 Å². The van der Waals surface area contributed by atoms with Crippen LogP contribution in [0.5, 0.6) is 0 Å². The normalized spacial score (nSPS) is 25.0. The summed E-state index contributed by atoms with van der Waals surface area (Å²) in [5.41, 5.74) is 0. The maximum atomic E-state index is 3.63. The number of nitrogens with one attached hydrogen (secondary N) is 1. The molecule has 15 heavy (non-hydrogen) atoms. The molecule has 2 nitrogen and oxygen atoms in total. The second-order valence-electron chi connectivity index (χ2n) is 4.81. The van der Waals surface area contributed by atoms with E-state index in [-0.39, 0.29) is 0 Å². The molecular weight excluding hydrogens is 204 g/mol.